The summed E-state index contributed by atoms with van der Waals surface area (Å²) in [7, 11) is 0. The highest BCUT2D eigenvalue weighted by atomic mass is 16.5. The second kappa shape index (κ2) is 8.02. The molecule has 0 unspecified atom stereocenters. The van der Waals surface area contributed by atoms with Crippen molar-refractivity contribution >= 4 is 35.5 Å². The second-order valence-electron chi connectivity index (χ2n) is 6.31. The van der Waals surface area contributed by atoms with E-state index in [-0.39, 0.29) is 29.6 Å². The number of aliphatic imine (C=N–C) groups is 1. The fourth-order valence-electron chi connectivity index (χ4n) is 3.01. The Hall–Kier alpha value is -3.87. The number of anilines is 1. The van der Waals surface area contributed by atoms with Crippen molar-refractivity contribution in [2.45, 2.75) is 13.5 Å². The minimum atomic E-state index is -0.656. The van der Waals surface area contributed by atoms with Gasteiger partial charge in [-0.15, -0.1) is 0 Å². The molecule has 0 spiro atoms. The van der Waals surface area contributed by atoms with Crippen LogP contribution >= 0.6 is 0 Å². The quantitative estimate of drug-likeness (QED) is 0.606. The van der Waals surface area contributed by atoms with Crippen LogP contribution in [0, 0.1) is 0 Å². The van der Waals surface area contributed by atoms with E-state index in [2.05, 4.69) is 15.3 Å². The van der Waals surface area contributed by atoms with Gasteiger partial charge >= 0.3 is 5.97 Å². The molecule has 2 N–H and O–H groups in total. The maximum absolute atomic E-state index is 12.4. The Bertz CT molecular complexity index is 1100. The summed E-state index contributed by atoms with van der Waals surface area (Å²) < 4.78 is 10.9. The number of benzene rings is 1. The molecule has 4 rings (SSSR count). The normalized spacial score (nSPS) is 13.5. The predicted molar refractivity (Wildman–Crippen MR) is 110 cm³/mol. The number of allylic oxidation sites excluding steroid dienone is 1. The van der Waals surface area contributed by atoms with E-state index in [9.17, 15) is 9.90 Å². The smallest absolute Gasteiger partial charge is 0.347 e. The van der Waals surface area contributed by atoms with Crippen LogP contribution < -0.4 is 5.32 Å². The first-order valence-electron chi connectivity index (χ1n) is 9.19. The molecule has 29 heavy (non-hydrogen) atoms. The zero-order chi connectivity index (χ0) is 20.2. The molecule has 0 saturated carbocycles. The molecule has 0 aliphatic carbocycles. The molecule has 1 aromatic carbocycles. The van der Waals surface area contributed by atoms with Crippen LogP contribution in [0.2, 0.25) is 0 Å². The number of hydrogen-bond donors (Lipinski definition) is 2. The zero-order valence-electron chi connectivity index (χ0n) is 15.8. The topological polar surface area (TPSA) is 97.0 Å². The van der Waals surface area contributed by atoms with Crippen LogP contribution in [0.1, 0.15) is 34.2 Å². The third kappa shape index (κ3) is 3.75. The van der Waals surface area contributed by atoms with Crippen molar-refractivity contribution in [3.05, 3.63) is 71.1 Å². The number of rotatable bonds is 6. The van der Waals surface area contributed by atoms with Gasteiger partial charge in [-0.3, -0.25) is 0 Å². The summed E-state index contributed by atoms with van der Waals surface area (Å²) in [4.78, 5) is 20.8. The fraction of sp³-hybridized carbons (Fsp3) is 0.136. The van der Waals surface area contributed by atoms with Gasteiger partial charge in [0.1, 0.15) is 0 Å². The Morgan fingerprint density at radius 1 is 1.24 bits per heavy atom. The number of nitrogens with zero attached hydrogens (tertiary/aromatic N) is 2. The number of hydrogen-bond acceptors (Lipinski definition) is 7. The Balaban J connectivity index is 1.69. The number of fused-ring (bicyclic) bond motifs is 1. The van der Waals surface area contributed by atoms with Crippen molar-refractivity contribution in [2.24, 2.45) is 4.99 Å². The van der Waals surface area contributed by atoms with Crippen molar-refractivity contribution in [3.8, 4) is 5.75 Å². The van der Waals surface area contributed by atoms with Gasteiger partial charge in [0.05, 0.1) is 6.61 Å². The lowest BCUT2D eigenvalue weighted by molar-refractivity contribution is 0.0524. The van der Waals surface area contributed by atoms with Crippen LogP contribution in [0.5, 0.6) is 5.75 Å². The number of esters is 1. The Kier molecular flexibility index (Phi) is 5.11. The number of aromatic nitrogens is 1. The molecule has 1 aliphatic heterocycles. The van der Waals surface area contributed by atoms with E-state index in [0.29, 0.717) is 12.4 Å². The zero-order valence-corrected chi connectivity index (χ0v) is 15.8. The van der Waals surface area contributed by atoms with E-state index < -0.39 is 5.97 Å². The highest BCUT2D eigenvalue weighted by Crippen LogP contribution is 2.38. The van der Waals surface area contributed by atoms with Crippen molar-refractivity contribution in [1.82, 2.24) is 4.98 Å². The number of aromatic hydroxyl groups is 1. The molecule has 0 atom stereocenters. The van der Waals surface area contributed by atoms with Gasteiger partial charge in [-0.05, 0) is 30.7 Å². The minimum Gasteiger partial charge on any atom is -0.504 e. The molecule has 1 aliphatic rings. The SMILES string of the molecule is CCOC(=O)c1c(NCc2ccccc2)oc(C=C2C=Nc3ncccc32)c1O. The largest absolute Gasteiger partial charge is 0.504 e. The minimum absolute atomic E-state index is 0.0315. The highest BCUT2D eigenvalue weighted by Gasteiger charge is 2.27. The third-order valence-corrected chi connectivity index (χ3v) is 4.39. The van der Waals surface area contributed by atoms with Crippen LogP contribution in [0.25, 0.3) is 11.6 Å². The van der Waals surface area contributed by atoms with Gasteiger partial charge in [0, 0.05) is 30.1 Å². The van der Waals surface area contributed by atoms with Crippen LogP contribution in [0.4, 0.5) is 11.7 Å². The van der Waals surface area contributed by atoms with Crippen molar-refractivity contribution in [2.75, 3.05) is 11.9 Å². The Morgan fingerprint density at radius 3 is 2.86 bits per heavy atom. The first-order valence-corrected chi connectivity index (χ1v) is 9.19. The first kappa shape index (κ1) is 18.5. The van der Waals surface area contributed by atoms with Gasteiger partial charge in [-0.1, -0.05) is 30.3 Å². The van der Waals surface area contributed by atoms with Gasteiger partial charge in [-0.2, -0.15) is 0 Å². The summed E-state index contributed by atoms with van der Waals surface area (Å²) in [6.07, 6.45) is 4.93. The van der Waals surface area contributed by atoms with Gasteiger partial charge < -0.3 is 19.6 Å². The number of furan rings is 1. The number of nitrogens with one attached hydrogen (secondary N) is 1. The number of carbonyl (C=O) groups is 1. The number of pyridine rings is 1. The van der Waals surface area contributed by atoms with E-state index in [4.69, 9.17) is 9.15 Å². The maximum atomic E-state index is 12.4. The second-order valence-corrected chi connectivity index (χ2v) is 6.31. The van der Waals surface area contributed by atoms with Crippen molar-refractivity contribution < 1.29 is 19.1 Å². The van der Waals surface area contributed by atoms with Crippen LogP contribution in [0.3, 0.4) is 0 Å². The average Bonchev–Trinajstić information content (AvgIpc) is 3.29. The summed E-state index contributed by atoms with van der Waals surface area (Å²) in [5.74, 6) is -0.0500. The summed E-state index contributed by atoms with van der Waals surface area (Å²) in [6.45, 7) is 2.31. The van der Waals surface area contributed by atoms with Gasteiger partial charge in [0.15, 0.2) is 22.9 Å². The molecular formula is C22H19N3O4. The lowest BCUT2D eigenvalue weighted by Crippen LogP contribution is -2.08. The summed E-state index contributed by atoms with van der Waals surface area (Å²) >= 11 is 0. The molecule has 0 amide bonds. The molecule has 3 heterocycles. The molecule has 0 bridgehead atoms. The number of carbonyl (C=O) groups excluding carboxylic acids is 1. The maximum Gasteiger partial charge on any atom is 0.347 e. The van der Waals surface area contributed by atoms with Crippen molar-refractivity contribution in [1.29, 1.82) is 0 Å². The standard InChI is InChI=1S/C22H19N3O4/c1-2-28-22(27)18-19(26)17(11-15-13-24-20-16(15)9-6-10-23-20)29-21(18)25-12-14-7-4-3-5-8-14/h3-11,13,25-26H,2,12H2,1H3. The van der Waals surface area contributed by atoms with E-state index >= 15 is 0 Å². The molecule has 0 saturated heterocycles. The van der Waals surface area contributed by atoms with Crippen molar-refractivity contribution in [3.63, 3.8) is 0 Å². The summed E-state index contributed by atoms with van der Waals surface area (Å²) in [6, 6.07) is 13.3. The summed E-state index contributed by atoms with van der Waals surface area (Å²) in [5.41, 5.74) is 2.51. The monoisotopic (exact) mass is 389 g/mol. The fourth-order valence-corrected chi connectivity index (χ4v) is 3.01. The van der Waals surface area contributed by atoms with E-state index in [1.807, 2.05) is 36.4 Å². The lowest BCUT2D eigenvalue weighted by Gasteiger charge is -2.06. The molecular weight excluding hydrogens is 370 g/mol. The molecule has 0 radical (unpaired) electrons. The van der Waals surface area contributed by atoms with E-state index in [1.54, 1.807) is 31.5 Å². The molecule has 0 fully saturated rings. The average molecular weight is 389 g/mol. The van der Waals surface area contributed by atoms with E-state index in [1.165, 1.54) is 0 Å². The molecule has 7 nitrogen and oxygen atoms in total. The molecule has 146 valence electrons. The van der Waals surface area contributed by atoms with E-state index in [0.717, 1.165) is 16.7 Å². The Morgan fingerprint density at radius 2 is 2.07 bits per heavy atom. The third-order valence-electron chi connectivity index (χ3n) is 4.39. The Labute approximate surface area is 167 Å². The summed E-state index contributed by atoms with van der Waals surface area (Å²) in [5, 5.41) is 13.7. The lowest BCUT2D eigenvalue weighted by atomic mass is 10.1. The van der Waals surface area contributed by atoms with Gasteiger partial charge in [0.2, 0.25) is 5.88 Å². The first-order chi connectivity index (χ1) is 14.2. The van der Waals surface area contributed by atoms with Crippen LogP contribution in [0.15, 0.2) is 58.1 Å². The van der Waals surface area contributed by atoms with Crippen LogP contribution in [-0.4, -0.2) is 28.9 Å². The molecule has 2 aromatic heterocycles. The van der Waals surface area contributed by atoms with Gasteiger partial charge in [0.25, 0.3) is 0 Å². The number of ether oxygens (including phenoxy) is 1. The molecule has 7 heteroatoms. The predicted octanol–water partition coefficient (Wildman–Crippen LogP) is 4.43. The van der Waals surface area contributed by atoms with Crippen LogP contribution in [-0.2, 0) is 11.3 Å². The van der Waals surface area contributed by atoms with Gasteiger partial charge in [-0.25, -0.2) is 14.8 Å². The highest BCUT2D eigenvalue weighted by molar-refractivity contribution is 6.21. The molecule has 3 aromatic rings.